The van der Waals surface area contributed by atoms with Crippen LogP contribution in [-0.4, -0.2) is 17.5 Å². The second kappa shape index (κ2) is 4.98. The zero-order valence-electron chi connectivity index (χ0n) is 7.47. The number of nitrogens with zero attached hydrogens (tertiary/aromatic N) is 1. The lowest BCUT2D eigenvalue weighted by Gasteiger charge is -1.99. The third-order valence-electron chi connectivity index (χ3n) is 1.70. The second-order valence-electron chi connectivity index (χ2n) is 2.63. The fraction of sp³-hybridized carbons (Fsp3) is 0.111. The summed E-state index contributed by atoms with van der Waals surface area (Å²) in [6.45, 7) is 0.484. The van der Waals surface area contributed by atoms with Crippen LogP contribution < -0.4 is 11.2 Å². The van der Waals surface area contributed by atoms with Gasteiger partial charge in [0.15, 0.2) is 0 Å². The van der Waals surface area contributed by atoms with Crippen molar-refractivity contribution in [1.82, 2.24) is 5.48 Å². The van der Waals surface area contributed by atoms with Crippen LogP contribution >= 0.6 is 0 Å². The van der Waals surface area contributed by atoms with E-state index in [0.717, 1.165) is 5.56 Å². The summed E-state index contributed by atoms with van der Waals surface area (Å²) in [6, 6.07) is 6.70. The Bertz CT molecular complexity index is 332. The van der Waals surface area contributed by atoms with Gasteiger partial charge in [-0.2, -0.15) is 0 Å². The lowest BCUT2D eigenvalue weighted by molar-refractivity contribution is 0.0706. The fourth-order valence-electron chi connectivity index (χ4n) is 0.984. The first-order valence-corrected chi connectivity index (χ1v) is 4.01. The van der Waals surface area contributed by atoms with E-state index in [2.05, 4.69) is 4.99 Å². The number of carbonyl (C=O) groups is 1. The van der Waals surface area contributed by atoms with E-state index in [1.54, 1.807) is 29.7 Å². The number of amides is 1. The van der Waals surface area contributed by atoms with Crippen LogP contribution in [0.3, 0.4) is 0 Å². The molecular formula is C9H11N3O2. The number of nitrogens with one attached hydrogen (secondary N) is 1. The highest BCUT2D eigenvalue weighted by molar-refractivity contribution is 5.93. The average Bonchev–Trinajstić information content (AvgIpc) is 2.26. The molecule has 0 radical (unpaired) electrons. The van der Waals surface area contributed by atoms with Crippen molar-refractivity contribution in [3.8, 4) is 0 Å². The number of hydrogen-bond donors (Lipinski definition) is 3. The molecule has 0 atom stereocenters. The molecule has 0 aliphatic carbocycles. The van der Waals surface area contributed by atoms with Gasteiger partial charge < -0.3 is 5.73 Å². The summed E-state index contributed by atoms with van der Waals surface area (Å²) in [5.74, 6) is -0.529. The highest BCUT2D eigenvalue weighted by atomic mass is 16.5. The largest absolute Gasteiger partial charge is 0.390 e. The van der Waals surface area contributed by atoms with Crippen LogP contribution in [0.4, 0.5) is 0 Å². The van der Waals surface area contributed by atoms with E-state index in [1.165, 1.54) is 6.34 Å². The Morgan fingerprint density at radius 1 is 1.50 bits per heavy atom. The Hall–Kier alpha value is -1.88. The first-order valence-electron chi connectivity index (χ1n) is 4.01. The molecule has 1 aromatic rings. The summed E-state index contributed by atoms with van der Waals surface area (Å²) < 4.78 is 0. The quantitative estimate of drug-likeness (QED) is 0.279. The van der Waals surface area contributed by atoms with E-state index in [-0.39, 0.29) is 0 Å². The van der Waals surface area contributed by atoms with E-state index in [1.807, 2.05) is 0 Å². The van der Waals surface area contributed by atoms with Gasteiger partial charge in [-0.3, -0.25) is 15.0 Å². The number of carbonyl (C=O) groups excluding carboxylic acids is 1. The zero-order valence-corrected chi connectivity index (χ0v) is 7.47. The number of aliphatic imine (C=N–C) groups is 1. The maximum atomic E-state index is 10.9. The topological polar surface area (TPSA) is 87.7 Å². The van der Waals surface area contributed by atoms with E-state index >= 15 is 0 Å². The molecule has 1 aromatic carbocycles. The summed E-state index contributed by atoms with van der Waals surface area (Å²) in [4.78, 5) is 14.8. The Morgan fingerprint density at radius 2 is 2.14 bits per heavy atom. The number of nitrogens with two attached hydrogens (primary N) is 1. The van der Waals surface area contributed by atoms with Crippen molar-refractivity contribution in [2.24, 2.45) is 10.7 Å². The molecule has 0 aromatic heterocycles. The molecule has 0 bridgehead atoms. The van der Waals surface area contributed by atoms with Crippen molar-refractivity contribution >= 4 is 12.2 Å². The summed E-state index contributed by atoms with van der Waals surface area (Å²) >= 11 is 0. The van der Waals surface area contributed by atoms with E-state index in [9.17, 15) is 4.79 Å². The fourth-order valence-corrected chi connectivity index (χ4v) is 0.984. The predicted molar refractivity (Wildman–Crippen MR) is 52.1 cm³/mol. The van der Waals surface area contributed by atoms with E-state index in [4.69, 9.17) is 10.9 Å². The van der Waals surface area contributed by atoms with Gasteiger partial charge in [-0.15, -0.1) is 0 Å². The maximum Gasteiger partial charge on any atom is 0.274 e. The van der Waals surface area contributed by atoms with Gasteiger partial charge in [-0.25, -0.2) is 5.48 Å². The third kappa shape index (κ3) is 2.56. The molecule has 0 heterocycles. The molecule has 0 fully saturated rings. The van der Waals surface area contributed by atoms with Crippen molar-refractivity contribution in [2.75, 3.05) is 0 Å². The van der Waals surface area contributed by atoms with Crippen LogP contribution in [0.15, 0.2) is 29.3 Å². The molecule has 74 valence electrons. The molecule has 0 saturated carbocycles. The molecule has 0 unspecified atom stereocenters. The van der Waals surface area contributed by atoms with Gasteiger partial charge in [0.25, 0.3) is 5.91 Å². The smallest absolute Gasteiger partial charge is 0.274 e. The van der Waals surface area contributed by atoms with Gasteiger partial charge in [-0.05, 0) is 17.7 Å². The molecule has 5 nitrogen and oxygen atoms in total. The number of rotatable bonds is 3. The van der Waals surface area contributed by atoms with Crippen LogP contribution in [0, 0.1) is 0 Å². The summed E-state index contributed by atoms with van der Waals surface area (Å²) in [6.07, 6.45) is 1.23. The molecule has 0 aliphatic rings. The van der Waals surface area contributed by atoms with Crippen LogP contribution in [0.5, 0.6) is 0 Å². The van der Waals surface area contributed by atoms with Crippen molar-refractivity contribution < 1.29 is 10.0 Å². The molecular weight excluding hydrogens is 182 g/mol. The van der Waals surface area contributed by atoms with Crippen molar-refractivity contribution in [3.05, 3.63) is 35.4 Å². The van der Waals surface area contributed by atoms with Gasteiger partial charge in [0.2, 0.25) is 0 Å². The lowest BCUT2D eigenvalue weighted by Crippen LogP contribution is -2.18. The Labute approximate surface area is 81.2 Å². The zero-order chi connectivity index (χ0) is 10.4. The molecule has 4 N–H and O–H groups in total. The second-order valence-corrected chi connectivity index (χ2v) is 2.63. The van der Waals surface area contributed by atoms with Crippen LogP contribution in [0.2, 0.25) is 0 Å². The highest BCUT2D eigenvalue weighted by Crippen LogP contribution is 2.05. The van der Waals surface area contributed by atoms with Crippen LogP contribution in [0.25, 0.3) is 0 Å². The van der Waals surface area contributed by atoms with Gasteiger partial charge in [0.05, 0.1) is 12.9 Å². The maximum absolute atomic E-state index is 10.9. The Balaban J connectivity index is 2.73. The minimum absolute atomic E-state index is 0.396. The van der Waals surface area contributed by atoms with Crippen molar-refractivity contribution in [3.63, 3.8) is 0 Å². The number of hydrogen-bond acceptors (Lipinski definition) is 3. The summed E-state index contributed by atoms with van der Waals surface area (Å²) in [7, 11) is 0. The third-order valence-corrected chi connectivity index (χ3v) is 1.70. The van der Waals surface area contributed by atoms with Crippen LogP contribution in [-0.2, 0) is 6.54 Å². The van der Waals surface area contributed by atoms with Crippen LogP contribution in [0.1, 0.15) is 15.9 Å². The van der Waals surface area contributed by atoms with Gasteiger partial charge in [0, 0.05) is 5.56 Å². The van der Waals surface area contributed by atoms with Crippen molar-refractivity contribution in [2.45, 2.75) is 6.54 Å². The number of benzene rings is 1. The standard InChI is InChI=1S/C9H11N3O2/c10-6-11-5-7-1-3-8(4-2-7)9(13)12-14/h1-4,6,14H,5H2,(H2,10,11)(H,12,13). The average molecular weight is 193 g/mol. The molecule has 5 heteroatoms. The molecule has 1 rings (SSSR count). The molecule has 0 saturated heterocycles. The minimum Gasteiger partial charge on any atom is -0.390 e. The SMILES string of the molecule is NC=NCc1ccc(C(=O)NO)cc1. The Morgan fingerprint density at radius 3 is 2.64 bits per heavy atom. The summed E-state index contributed by atoms with van der Waals surface area (Å²) in [5.41, 5.74) is 7.98. The van der Waals surface area contributed by atoms with E-state index in [0.29, 0.717) is 12.1 Å². The lowest BCUT2D eigenvalue weighted by atomic mass is 10.1. The molecule has 0 spiro atoms. The van der Waals surface area contributed by atoms with Crippen molar-refractivity contribution in [1.29, 1.82) is 0 Å². The van der Waals surface area contributed by atoms with Gasteiger partial charge >= 0.3 is 0 Å². The first-order chi connectivity index (χ1) is 6.77. The molecule has 1 amide bonds. The monoisotopic (exact) mass is 193 g/mol. The molecule has 0 aliphatic heterocycles. The van der Waals surface area contributed by atoms with Gasteiger partial charge in [-0.1, -0.05) is 12.1 Å². The first kappa shape index (κ1) is 10.2. The van der Waals surface area contributed by atoms with E-state index < -0.39 is 5.91 Å². The van der Waals surface area contributed by atoms with Gasteiger partial charge in [0.1, 0.15) is 0 Å². The minimum atomic E-state index is -0.529. The number of hydroxylamine groups is 1. The summed E-state index contributed by atoms with van der Waals surface area (Å²) in [5, 5.41) is 8.36. The normalized spacial score (nSPS) is 10.4. The molecule has 14 heavy (non-hydrogen) atoms. The Kier molecular flexibility index (Phi) is 3.63. The predicted octanol–water partition coefficient (Wildman–Crippen LogP) is 0.293. The highest BCUT2D eigenvalue weighted by Gasteiger charge is 2.02.